The van der Waals surface area contributed by atoms with Gasteiger partial charge in [0.1, 0.15) is 5.75 Å². The molecule has 1 heterocycles. The average Bonchev–Trinajstić information content (AvgIpc) is 3.16. The smallest absolute Gasteiger partial charge is 0.488 e. The van der Waals surface area contributed by atoms with Gasteiger partial charge in [-0.05, 0) is 67.1 Å². The first-order valence-corrected chi connectivity index (χ1v) is 13.0. The molecule has 4 unspecified atom stereocenters. The average molecular weight is 544 g/mol. The molecular formula is C29H23BClNO7. The lowest BCUT2D eigenvalue weighted by Gasteiger charge is -2.42. The van der Waals surface area contributed by atoms with Gasteiger partial charge in [-0.1, -0.05) is 41.4 Å². The lowest BCUT2D eigenvalue weighted by molar-refractivity contribution is -0.123. The molecule has 1 saturated heterocycles. The molecule has 2 amide bonds. The zero-order chi connectivity index (χ0) is 27.7. The number of ketones is 2. The van der Waals surface area contributed by atoms with Gasteiger partial charge in [-0.15, -0.1) is 0 Å². The summed E-state index contributed by atoms with van der Waals surface area (Å²) in [5.41, 5.74) is 2.62. The number of benzene rings is 2. The number of allylic oxidation sites excluding steroid dienone is 6. The van der Waals surface area contributed by atoms with Gasteiger partial charge in [0.25, 0.3) is 0 Å². The number of hydrogen-bond donors (Lipinski definition) is 3. The highest BCUT2D eigenvalue weighted by molar-refractivity contribution is 6.58. The monoisotopic (exact) mass is 543 g/mol. The highest BCUT2D eigenvalue weighted by Crippen LogP contribution is 2.56. The van der Waals surface area contributed by atoms with Gasteiger partial charge in [-0.25, -0.2) is 0 Å². The molecular weight excluding hydrogens is 521 g/mol. The second kappa shape index (κ2) is 9.15. The number of Topliss-reactive ketones (excluding diaryl/α,β-unsaturated/α-hetero) is 1. The standard InChI is InChI=1S/C29H23BClNO7/c1-13-9-23(34)21-12-20-17(24(26(21)27(13)35)18-6-5-16(33)11-22(18)31)7-8-19-25(20)29(37)32(28(19)36)15-4-2-3-14(10-15)30(38)39/h2-7,9-11,19-20,24-25,33,38-39H,8,12H2,1H3. The fraction of sp³-hybridized carbons (Fsp3) is 0.241. The quantitative estimate of drug-likeness (QED) is 0.234. The normalized spacial score (nSPS) is 26.2. The molecule has 2 aromatic rings. The second-order valence-corrected chi connectivity index (χ2v) is 10.8. The molecule has 2 aromatic carbocycles. The minimum Gasteiger partial charge on any atom is -0.508 e. The second-order valence-electron chi connectivity index (χ2n) is 10.4. The van der Waals surface area contributed by atoms with E-state index in [2.05, 4.69) is 0 Å². The van der Waals surface area contributed by atoms with Crippen molar-refractivity contribution in [3.05, 3.63) is 87.5 Å². The molecule has 3 aliphatic carbocycles. The summed E-state index contributed by atoms with van der Waals surface area (Å²) in [6, 6.07) is 10.4. The Hall–Kier alpha value is -3.79. The highest BCUT2D eigenvalue weighted by Gasteiger charge is 2.56. The molecule has 0 saturated carbocycles. The van der Waals surface area contributed by atoms with Crippen LogP contribution in [0.15, 0.2) is 76.9 Å². The van der Waals surface area contributed by atoms with Crippen molar-refractivity contribution in [1.82, 2.24) is 0 Å². The third-order valence-corrected chi connectivity index (χ3v) is 8.61. The van der Waals surface area contributed by atoms with Crippen LogP contribution in [0.2, 0.25) is 5.02 Å². The third kappa shape index (κ3) is 3.84. The van der Waals surface area contributed by atoms with Crippen LogP contribution >= 0.6 is 11.6 Å². The summed E-state index contributed by atoms with van der Waals surface area (Å²) >= 11 is 6.56. The van der Waals surface area contributed by atoms with E-state index in [1.54, 1.807) is 19.1 Å². The molecule has 3 N–H and O–H groups in total. The molecule has 8 nitrogen and oxygen atoms in total. The summed E-state index contributed by atoms with van der Waals surface area (Å²) in [7, 11) is -1.76. The van der Waals surface area contributed by atoms with Crippen LogP contribution in [0.25, 0.3) is 0 Å². The van der Waals surface area contributed by atoms with Gasteiger partial charge < -0.3 is 15.2 Å². The van der Waals surface area contributed by atoms with Crippen LogP contribution in [0, 0.1) is 17.8 Å². The predicted molar refractivity (Wildman–Crippen MR) is 143 cm³/mol. The molecule has 0 bridgehead atoms. The van der Waals surface area contributed by atoms with Gasteiger partial charge in [0.2, 0.25) is 11.8 Å². The lowest BCUT2D eigenvalue weighted by Crippen LogP contribution is -2.40. The van der Waals surface area contributed by atoms with Crippen LogP contribution in [-0.2, 0) is 19.2 Å². The van der Waals surface area contributed by atoms with E-state index in [9.17, 15) is 34.3 Å². The Morgan fingerprint density at radius 3 is 2.49 bits per heavy atom. The number of hydrogen-bond acceptors (Lipinski definition) is 7. The molecule has 0 spiro atoms. The van der Waals surface area contributed by atoms with Gasteiger partial charge in [0.05, 0.1) is 17.5 Å². The zero-order valence-electron chi connectivity index (χ0n) is 20.8. The lowest BCUT2D eigenvalue weighted by atomic mass is 9.59. The van der Waals surface area contributed by atoms with Crippen LogP contribution in [0.4, 0.5) is 5.69 Å². The molecule has 0 radical (unpaired) electrons. The fourth-order valence-corrected chi connectivity index (χ4v) is 6.83. The van der Waals surface area contributed by atoms with E-state index in [0.29, 0.717) is 22.3 Å². The van der Waals surface area contributed by atoms with E-state index in [-0.39, 0.29) is 46.3 Å². The SMILES string of the molecule is CC1=CC(=O)C2=C(C1=O)C(c1ccc(O)cc1Cl)C1=CCC3C(=O)N(c4cccc(B(O)O)c4)C(=O)C3C1C2. The molecule has 196 valence electrons. The summed E-state index contributed by atoms with van der Waals surface area (Å²) in [5.74, 6) is -4.14. The van der Waals surface area contributed by atoms with Crippen molar-refractivity contribution in [2.24, 2.45) is 17.8 Å². The Labute approximate surface area is 229 Å². The van der Waals surface area contributed by atoms with Gasteiger partial charge in [0.15, 0.2) is 11.6 Å². The summed E-state index contributed by atoms with van der Waals surface area (Å²) in [6.07, 6.45) is 3.58. The van der Waals surface area contributed by atoms with E-state index < -0.39 is 42.6 Å². The Morgan fingerprint density at radius 2 is 1.77 bits per heavy atom. The first-order chi connectivity index (χ1) is 18.6. The fourth-order valence-electron chi connectivity index (χ4n) is 6.55. The summed E-state index contributed by atoms with van der Waals surface area (Å²) in [6.45, 7) is 1.59. The Balaban J connectivity index is 1.48. The van der Waals surface area contributed by atoms with Gasteiger partial charge in [-0.3, -0.25) is 24.1 Å². The number of anilines is 1. The first kappa shape index (κ1) is 25.5. The van der Waals surface area contributed by atoms with Crippen LogP contribution in [0.3, 0.4) is 0 Å². The minimum absolute atomic E-state index is 0.0486. The van der Waals surface area contributed by atoms with Gasteiger partial charge >= 0.3 is 7.12 Å². The van der Waals surface area contributed by atoms with Gasteiger partial charge in [-0.2, -0.15) is 0 Å². The number of carbonyl (C=O) groups is 4. The van der Waals surface area contributed by atoms with E-state index in [1.165, 1.54) is 36.4 Å². The molecule has 6 rings (SSSR count). The van der Waals surface area contributed by atoms with E-state index in [0.717, 1.165) is 10.5 Å². The van der Waals surface area contributed by atoms with Crippen LogP contribution < -0.4 is 10.4 Å². The Kier molecular flexibility index (Phi) is 5.98. The number of imide groups is 1. The topological polar surface area (TPSA) is 132 Å². The number of rotatable bonds is 3. The first-order valence-electron chi connectivity index (χ1n) is 12.6. The number of fused-ring (bicyclic) bond motifs is 3. The molecule has 10 heteroatoms. The largest absolute Gasteiger partial charge is 0.508 e. The maximum absolute atomic E-state index is 13.9. The minimum atomic E-state index is -1.76. The molecule has 1 aliphatic heterocycles. The molecule has 1 fully saturated rings. The van der Waals surface area contributed by atoms with Crippen molar-refractivity contribution in [2.45, 2.75) is 25.7 Å². The van der Waals surface area contributed by atoms with E-state index in [1.807, 2.05) is 6.08 Å². The number of nitrogens with zero attached hydrogens (tertiary/aromatic N) is 1. The predicted octanol–water partition coefficient (Wildman–Crippen LogP) is 2.36. The number of phenolic OH excluding ortho intramolecular Hbond substituents is 1. The number of amides is 2. The summed E-state index contributed by atoms with van der Waals surface area (Å²) < 4.78 is 0. The number of halogens is 1. The maximum atomic E-state index is 13.9. The number of aromatic hydroxyl groups is 1. The van der Waals surface area contributed by atoms with Crippen LogP contribution in [0.1, 0.15) is 31.2 Å². The van der Waals surface area contributed by atoms with Crippen LogP contribution in [0.5, 0.6) is 5.75 Å². The maximum Gasteiger partial charge on any atom is 0.488 e. The van der Waals surface area contributed by atoms with Crippen molar-refractivity contribution in [3.8, 4) is 5.75 Å². The third-order valence-electron chi connectivity index (χ3n) is 8.29. The summed E-state index contributed by atoms with van der Waals surface area (Å²) in [5, 5.41) is 29.4. The Bertz CT molecular complexity index is 1590. The van der Waals surface area contributed by atoms with Crippen LogP contribution in [-0.4, -0.2) is 45.7 Å². The number of carbonyl (C=O) groups excluding carboxylic acids is 4. The van der Waals surface area contributed by atoms with Gasteiger partial charge in [0, 0.05) is 27.7 Å². The molecule has 4 atom stereocenters. The molecule has 39 heavy (non-hydrogen) atoms. The molecule has 0 aromatic heterocycles. The van der Waals surface area contributed by atoms with Crippen molar-refractivity contribution < 1.29 is 34.3 Å². The van der Waals surface area contributed by atoms with Crippen molar-refractivity contribution >= 4 is 53.3 Å². The van der Waals surface area contributed by atoms with Crippen molar-refractivity contribution in [1.29, 1.82) is 0 Å². The Morgan fingerprint density at radius 1 is 1.00 bits per heavy atom. The summed E-state index contributed by atoms with van der Waals surface area (Å²) in [4.78, 5) is 55.2. The van der Waals surface area contributed by atoms with E-state index in [4.69, 9.17) is 11.6 Å². The molecule has 4 aliphatic rings. The van der Waals surface area contributed by atoms with E-state index >= 15 is 0 Å². The van der Waals surface area contributed by atoms with Crippen molar-refractivity contribution in [3.63, 3.8) is 0 Å². The highest BCUT2D eigenvalue weighted by atomic mass is 35.5. The zero-order valence-corrected chi connectivity index (χ0v) is 21.6. The van der Waals surface area contributed by atoms with Crippen molar-refractivity contribution in [2.75, 3.05) is 4.90 Å². The number of phenols is 1.